The highest BCUT2D eigenvalue weighted by atomic mass is 35.5. The van der Waals surface area contributed by atoms with Crippen LogP contribution in [0, 0.1) is 0 Å². The predicted octanol–water partition coefficient (Wildman–Crippen LogP) is 2.38. The number of halogens is 1. The van der Waals surface area contributed by atoms with Crippen LogP contribution in [0.2, 0.25) is 0 Å². The minimum Gasteiger partial charge on any atom is -0.455 e. The molecule has 150 valence electrons. The van der Waals surface area contributed by atoms with Crippen molar-refractivity contribution in [3.05, 3.63) is 65.7 Å². The first-order valence-corrected chi connectivity index (χ1v) is 9.35. The van der Waals surface area contributed by atoms with Crippen molar-refractivity contribution in [2.45, 2.75) is 12.4 Å². The molecular weight excluding hydrogens is 380 g/mol. The predicted molar refractivity (Wildman–Crippen MR) is 108 cm³/mol. The average Bonchev–Trinajstić information content (AvgIpc) is 2.74. The van der Waals surface area contributed by atoms with Crippen LogP contribution in [0.4, 0.5) is 0 Å². The molecule has 6 nitrogen and oxygen atoms in total. The van der Waals surface area contributed by atoms with Crippen molar-refractivity contribution in [1.29, 1.82) is 0 Å². The zero-order chi connectivity index (χ0) is 18.5. The summed E-state index contributed by atoms with van der Waals surface area (Å²) in [6, 6.07) is 17.6. The van der Waals surface area contributed by atoms with E-state index in [1.165, 1.54) is 0 Å². The van der Waals surface area contributed by atoms with E-state index in [4.69, 9.17) is 14.2 Å². The van der Waals surface area contributed by atoms with Gasteiger partial charge in [0.05, 0.1) is 13.2 Å². The van der Waals surface area contributed by atoms with Crippen molar-refractivity contribution in [2.75, 3.05) is 39.4 Å². The highest BCUT2D eigenvalue weighted by molar-refractivity contribution is 5.85. The maximum Gasteiger partial charge on any atom is 0.289 e. The smallest absolute Gasteiger partial charge is 0.289 e. The van der Waals surface area contributed by atoms with Gasteiger partial charge < -0.3 is 19.5 Å². The molecule has 2 unspecified atom stereocenters. The van der Waals surface area contributed by atoms with Gasteiger partial charge in [-0.2, -0.15) is 0 Å². The summed E-state index contributed by atoms with van der Waals surface area (Å²) in [4.78, 5) is 14.9. The van der Waals surface area contributed by atoms with E-state index in [9.17, 15) is 4.79 Å². The molecule has 2 heterocycles. The van der Waals surface area contributed by atoms with Crippen LogP contribution in [0.3, 0.4) is 0 Å². The molecule has 4 rings (SSSR count). The lowest BCUT2D eigenvalue weighted by atomic mass is 9.99. The normalized spacial score (nSPS) is 21.7. The zero-order valence-corrected chi connectivity index (χ0v) is 16.4. The molecule has 0 spiro atoms. The largest absolute Gasteiger partial charge is 0.455 e. The van der Waals surface area contributed by atoms with Crippen LogP contribution in [-0.2, 0) is 14.3 Å². The third-order valence-electron chi connectivity index (χ3n) is 4.84. The van der Waals surface area contributed by atoms with E-state index in [2.05, 4.69) is 10.2 Å². The Labute approximate surface area is 171 Å². The second-order valence-electron chi connectivity index (χ2n) is 6.66. The maximum absolute atomic E-state index is 12.6. The Balaban J connectivity index is 0.00000225. The third kappa shape index (κ3) is 4.83. The Morgan fingerprint density at radius 2 is 1.75 bits per heavy atom. The van der Waals surface area contributed by atoms with E-state index < -0.39 is 6.29 Å². The van der Waals surface area contributed by atoms with Crippen molar-refractivity contribution in [3.63, 3.8) is 0 Å². The van der Waals surface area contributed by atoms with Crippen molar-refractivity contribution in [1.82, 2.24) is 10.2 Å². The van der Waals surface area contributed by atoms with Gasteiger partial charge in [0.2, 0.25) is 0 Å². The molecule has 1 saturated heterocycles. The van der Waals surface area contributed by atoms with Crippen LogP contribution in [-0.4, -0.2) is 56.5 Å². The highest BCUT2D eigenvalue weighted by Crippen LogP contribution is 2.38. The molecule has 2 aromatic carbocycles. The number of carbonyl (C=O) groups is 1. The summed E-state index contributed by atoms with van der Waals surface area (Å²) in [5, 5.41) is 2.93. The number of ether oxygens (including phenoxy) is 3. The zero-order valence-electron chi connectivity index (χ0n) is 15.6. The van der Waals surface area contributed by atoms with E-state index in [1.807, 2.05) is 54.6 Å². The Morgan fingerprint density at radius 1 is 1.04 bits per heavy atom. The summed E-state index contributed by atoms with van der Waals surface area (Å²) in [6.07, 6.45) is -1.29. The number of fused-ring (bicyclic) bond motifs is 1. The second kappa shape index (κ2) is 9.89. The number of nitrogens with zero attached hydrogens (tertiary/aromatic N) is 1. The van der Waals surface area contributed by atoms with Crippen LogP contribution >= 0.6 is 12.4 Å². The van der Waals surface area contributed by atoms with Gasteiger partial charge in [-0.05, 0) is 11.6 Å². The van der Waals surface area contributed by atoms with E-state index in [0.29, 0.717) is 12.3 Å². The van der Waals surface area contributed by atoms with Crippen molar-refractivity contribution in [3.8, 4) is 5.75 Å². The van der Waals surface area contributed by atoms with E-state index in [-0.39, 0.29) is 24.4 Å². The summed E-state index contributed by atoms with van der Waals surface area (Å²) >= 11 is 0. The monoisotopic (exact) mass is 404 g/mol. The lowest BCUT2D eigenvalue weighted by Gasteiger charge is -2.32. The standard InChI is InChI=1S/C21H24N2O4.ClH/c24-20(22-10-11-23-12-14-25-15-13-23)21-26-18-9-5-4-8-17(18)19(27-21)16-6-2-1-3-7-16;/h1-9,19,21H,10-15H2,(H,22,24);1H. The fraction of sp³-hybridized carbons (Fsp3) is 0.381. The van der Waals surface area contributed by atoms with Crippen LogP contribution in [0.5, 0.6) is 5.75 Å². The van der Waals surface area contributed by atoms with Crippen molar-refractivity contribution < 1.29 is 19.0 Å². The summed E-state index contributed by atoms with van der Waals surface area (Å²) in [7, 11) is 0. The molecule has 0 saturated carbocycles. The number of hydrogen-bond acceptors (Lipinski definition) is 5. The topological polar surface area (TPSA) is 60.0 Å². The molecule has 2 aliphatic rings. The number of benzene rings is 2. The van der Waals surface area contributed by atoms with Crippen molar-refractivity contribution in [2.24, 2.45) is 0 Å². The molecule has 1 N–H and O–H groups in total. The Hall–Kier alpha value is -2.12. The summed E-state index contributed by atoms with van der Waals surface area (Å²) in [6.45, 7) is 4.64. The fourth-order valence-electron chi connectivity index (χ4n) is 3.39. The molecule has 1 fully saturated rings. The molecule has 2 aromatic rings. The molecule has 0 aliphatic carbocycles. The van der Waals surface area contributed by atoms with Crippen LogP contribution in [0.25, 0.3) is 0 Å². The number of para-hydroxylation sites is 1. The average molecular weight is 405 g/mol. The van der Waals surface area contributed by atoms with Crippen LogP contribution < -0.4 is 10.1 Å². The lowest BCUT2D eigenvalue weighted by Crippen LogP contribution is -2.46. The number of hydrogen-bond donors (Lipinski definition) is 1. The first-order valence-electron chi connectivity index (χ1n) is 9.35. The molecule has 7 heteroatoms. The van der Waals surface area contributed by atoms with Gasteiger partial charge in [0, 0.05) is 31.7 Å². The fourth-order valence-corrected chi connectivity index (χ4v) is 3.39. The van der Waals surface area contributed by atoms with E-state index in [0.717, 1.165) is 44.0 Å². The quantitative estimate of drug-likeness (QED) is 0.829. The first-order chi connectivity index (χ1) is 13.3. The van der Waals surface area contributed by atoms with Gasteiger partial charge in [0.25, 0.3) is 12.2 Å². The molecule has 2 atom stereocenters. The lowest BCUT2D eigenvalue weighted by molar-refractivity contribution is -0.166. The molecule has 0 aromatic heterocycles. The summed E-state index contributed by atoms with van der Waals surface area (Å²) < 4.78 is 17.2. The molecule has 0 bridgehead atoms. The first kappa shape index (κ1) is 20.6. The maximum atomic E-state index is 12.6. The number of amides is 1. The van der Waals surface area contributed by atoms with E-state index in [1.54, 1.807) is 0 Å². The molecule has 1 amide bonds. The third-order valence-corrected chi connectivity index (χ3v) is 4.84. The minimum absolute atomic E-state index is 0. The van der Waals surface area contributed by atoms with Crippen LogP contribution in [0.1, 0.15) is 17.2 Å². The molecule has 0 radical (unpaired) electrons. The summed E-state index contributed by atoms with van der Waals surface area (Å²) in [5.74, 6) is 0.435. The van der Waals surface area contributed by atoms with Crippen LogP contribution in [0.15, 0.2) is 54.6 Å². The Kier molecular flexibility index (Phi) is 7.28. The van der Waals surface area contributed by atoms with Gasteiger partial charge >= 0.3 is 0 Å². The summed E-state index contributed by atoms with van der Waals surface area (Å²) in [5.41, 5.74) is 1.93. The van der Waals surface area contributed by atoms with Gasteiger partial charge in [0.1, 0.15) is 11.9 Å². The second-order valence-corrected chi connectivity index (χ2v) is 6.66. The van der Waals surface area contributed by atoms with Gasteiger partial charge in [-0.15, -0.1) is 12.4 Å². The SMILES string of the molecule is Cl.O=C(NCCN1CCOCC1)C1Oc2ccccc2C(c2ccccc2)O1. The number of morpholine rings is 1. The van der Waals surface area contributed by atoms with Gasteiger partial charge in [-0.25, -0.2) is 0 Å². The van der Waals surface area contributed by atoms with Gasteiger partial charge in [-0.1, -0.05) is 48.5 Å². The van der Waals surface area contributed by atoms with E-state index >= 15 is 0 Å². The number of carbonyl (C=O) groups excluding carboxylic acids is 1. The van der Waals surface area contributed by atoms with Crippen molar-refractivity contribution >= 4 is 18.3 Å². The molecular formula is C21H25ClN2O4. The Morgan fingerprint density at radius 3 is 2.54 bits per heavy atom. The molecule has 2 aliphatic heterocycles. The number of nitrogens with one attached hydrogen (secondary N) is 1. The van der Waals surface area contributed by atoms with Gasteiger partial charge in [-0.3, -0.25) is 9.69 Å². The minimum atomic E-state index is -0.963. The molecule has 28 heavy (non-hydrogen) atoms. The highest BCUT2D eigenvalue weighted by Gasteiger charge is 2.34. The Bertz CT molecular complexity index is 768. The van der Waals surface area contributed by atoms with Gasteiger partial charge in [0.15, 0.2) is 0 Å². The number of rotatable bonds is 5.